The van der Waals surface area contributed by atoms with Crippen LogP contribution in [0.5, 0.6) is 0 Å². The molecule has 0 radical (unpaired) electrons. The Morgan fingerprint density at radius 2 is 1.67 bits per heavy atom. The molecular weight excluding hydrogens is 294 g/mol. The van der Waals surface area contributed by atoms with Crippen LogP contribution in [0.15, 0.2) is 49.0 Å². The summed E-state index contributed by atoms with van der Waals surface area (Å²) >= 11 is 0. The van der Waals surface area contributed by atoms with E-state index in [1.54, 1.807) is 0 Å². The Morgan fingerprint density at radius 1 is 0.958 bits per heavy atom. The third kappa shape index (κ3) is 3.62. The summed E-state index contributed by atoms with van der Waals surface area (Å²) in [4.78, 5) is 4.76. The van der Waals surface area contributed by atoms with Crippen molar-refractivity contribution < 1.29 is 0 Å². The molecule has 3 rings (SSSR count). The maximum atomic E-state index is 4.38. The summed E-state index contributed by atoms with van der Waals surface area (Å²) in [7, 11) is 2.18. The van der Waals surface area contributed by atoms with Crippen LogP contribution in [-0.2, 0) is 0 Å². The first-order valence-electron chi connectivity index (χ1n) is 8.60. The van der Waals surface area contributed by atoms with Gasteiger partial charge in [-0.2, -0.15) is 0 Å². The van der Waals surface area contributed by atoms with Gasteiger partial charge >= 0.3 is 0 Å². The molecule has 1 saturated heterocycles. The molecule has 0 amide bonds. The molecule has 0 spiro atoms. The lowest BCUT2D eigenvalue weighted by molar-refractivity contribution is 0.207. The van der Waals surface area contributed by atoms with Crippen LogP contribution in [0.2, 0.25) is 0 Å². The predicted octanol–water partition coefficient (Wildman–Crippen LogP) is 4.27. The fraction of sp³-hybridized carbons (Fsp3) is 0.333. The second-order valence-corrected chi connectivity index (χ2v) is 6.73. The number of likely N-dealkylation sites (N-methyl/N-ethyl adjacent to an activating group) is 1. The second-order valence-electron chi connectivity index (χ2n) is 6.73. The Bertz CT molecular complexity index is 728. The average Bonchev–Trinajstić information content (AvgIpc) is 2.58. The summed E-state index contributed by atoms with van der Waals surface area (Å²) in [5.41, 5.74) is 7.11. The summed E-state index contributed by atoms with van der Waals surface area (Å²) in [6, 6.07) is 15.0. The van der Waals surface area contributed by atoms with Gasteiger partial charge in [0.1, 0.15) is 0 Å². The minimum Gasteiger partial charge on any atom is -0.369 e. The van der Waals surface area contributed by atoms with E-state index in [0.717, 1.165) is 43.3 Å². The second kappa shape index (κ2) is 7.10. The van der Waals surface area contributed by atoms with Crippen molar-refractivity contribution >= 4 is 17.1 Å². The molecule has 1 N–H and O–H groups in total. The Balaban J connectivity index is 1.83. The van der Waals surface area contributed by atoms with Crippen molar-refractivity contribution in [3.63, 3.8) is 0 Å². The zero-order valence-electron chi connectivity index (χ0n) is 15.0. The zero-order chi connectivity index (χ0) is 17.1. The molecule has 0 unspecified atom stereocenters. The van der Waals surface area contributed by atoms with Crippen LogP contribution < -0.4 is 5.32 Å². The first-order chi connectivity index (χ1) is 11.5. The van der Waals surface area contributed by atoms with E-state index in [1.165, 1.54) is 16.7 Å². The van der Waals surface area contributed by atoms with Crippen molar-refractivity contribution in [2.45, 2.75) is 13.8 Å². The predicted molar refractivity (Wildman–Crippen MR) is 104 cm³/mol. The molecule has 1 aliphatic heterocycles. The first-order valence-corrected chi connectivity index (χ1v) is 8.60. The maximum absolute atomic E-state index is 4.38. The van der Waals surface area contributed by atoms with Crippen molar-refractivity contribution in [2.24, 2.45) is 0 Å². The van der Waals surface area contributed by atoms with Crippen molar-refractivity contribution in [3.8, 4) is 0 Å². The van der Waals surface area contributed by atoms with Gasteiger partial charge in [-0.25, -0.2) is 0 Å². The molecule has 0 bridgehead atoms. The van der Waals surface area contributed by atoms with Crippen LogP contribution in [-0.4, -0.2) is 43.0 Å². The van der Waals surface area contributed by atoms with Crippen molar-refractivity contribution in [2.75, 3.05) is 38.5 Å². The van der Waals surface area contributed by atoms with E-state index in [0.29, 0.717) is 0 Å². The summed E-state index contributed by atoms with van der Waals surface area (Å²) in [6.45, 7) is 12.9. The minimum absolute atomic E-state index is 1.03. The standard InChI is InChI=1S/C21H27N3/c1-16-9-10-20(17(2)15-16)22-21-8-6-5-7-19(21)18(3)24-13-11-23(4)12-14-24/h5-10,15,22H,3,11-14H2,1-2,4H3. The topological polar surface area (TPSA) is 18.5 Å². The molecule has 0 aliphatic carbocycles. The van der Waals surface area contributed by atoms with Crippen LogP contribution in [0.25, 0.3) is 5.70 Å². The van der Waals surface area contributed by atoms with Crippen molar-refractivity contribution in [1.82, 2.24) is 9.80 Å². The summed E-state index contributed by atoms with van der Waals surface area (Å²) in [6.07, 6.45) is 0. The van der Waals surface area contributed by atoms with E-state index in [-0.39, 0.29) is 0 Å². The quantitative estimate of drug-likeness (QED) is 0.907. The first kappa shape index (κ1) is 16.6. The minimum atomic E-state index is 1.03. The number of hydrogen-bond donors (Lipinski definition) is 1. The van der Waals surface area contributed by atoms with E-state index >= 15 is 0 Å². The van der Waals surface area contributed by atoms with Gasteiger partial charge in [0.2, 0.25) is 0 Å². The molecule has 24 heavy (non-hydrogen) atoms. The van der Waals surface area contributed by atoms with Gasteiger partial charge in [0.25, 0.3) is 0 Å². The lowest BCUT2D eigenvalue weighted by atomic mass is 10.1. The maximum Gasteiger partial charge on any atom is 0.0478 e. The molecule has 1 heterocycles. The molecule has 0 saturated carbocycles. The number of anilines is 2. The fourth-order valence-electron chi connectivity index (χ4n) is 3.19. The van der Waals surface area contributed by atoms with E-state index in [9.17, 15) is 0 Å². The molecule has 1 aliphatic rings. The van der Waals surface area contributed by atoms with Crippen LogP contribution in [0.1, 0.15) is 16.7 Å². The molecule has 2 aromatic carbocycles. The number of aryl methyl sites for hydroxylation is 2. The van der Waals surface area contributed by atoms with Crippen LogP contribution >= 0.6 is 0 Å². The molecule has 1 fully saturated rings. The van der Waals surface area contributed by atoms with Crippen LogP contribution in [0, 0.1) is 13.8 Å². The highest BCUT2D eigenvalue weighted by molar-refractivity contribution is 5.78. The van der Waals surface area contributed by atoms with Gasteiger partial charge in [-0.15, -0.1) is 0 Å². The molecule has 126 valence electrons. The van der Waals surface area contributed by atoms with Gasteiger partial charge in [-0.05, 0) is 38.6 Å². The van der Waals surface area contributed by atoms with Crippen molar-refractivity contribution in [3.05, 3.63) is 65.7 Å². The Morgan fingerprint density at radius 3 is 2.38 bits per heavy atom. The molecule has 0 aromatic heterocycles. The van der Waals surface area contributed by atoms with Crippen molar-refractivity contribution in [1.29, 1.82) is 0 Å². The number of piperazine rings is 1. The third-order valence-corrected chi connectivity index (χ3v) is 4.77. The van der Waals surface area contributed by atoms with Gasteiger partial charge in [0.15, 0.2) is 0 Å². The van der Waals surface area contributed by atoms with E-state index in [1.807, 2.05) is 0 Å². The normalized spacial score (nSPS) is 15.4. The van der Waals surface area contributed by atoms with Crippen LogP contribution in [0.4, 0.5) is 11.4 Å². The van der Waals surface area contributed by atoms with Gasteiger partial charge in [0, 0.05) is 48.8 Å². The third-order valence-electron chi connectivity index (χ3n) is 4.77. The van der Waals surface area contributed by atoms with Gasteiger partial charge in [0.05, 0.1) is 0 Å². The number of nitrogens with zero attached hydrogens (tertiary/aromatic N) is 2. The molecule has 2 aromatic rings. The highest BCUT2D eigenvalue weighted by atomic mass is 15.2. The fourth-order valence-corrected chi connectivity index (χ4v) is 3.19. The summed E-state index contributed by atoms with van der Waals surface area (Å²) < 4.78 is 0. The van der Waals surface area contributed by atoms with E-state index < -0.39 is 0 Å². The van der Waals surface area contributed by atoms with Gasteiger partial charge < -0.3 is 15.1 Å². The number of para-hydroxylation sites is 1. The molecule has 3 nitrogen and oxygen atoms in total. The number of nitrogens with one attached hydrogen (secondary N) is 1. The SMILES string of the molecule is C=C(c1ccccc1Nc1ccc(C)cc1C)N1CCN(C)CC1. The number of benzene rings is 2. The lowest BCUT2D eigenvalue weighted by Crippen LogP contribution is -2.43. The Kier molecular flexibility index (Phi) is 4.91. The van der Waals surface area contributed by atoms with E-state index in [2.05, 4.69) is 85.1 Å². The molecule has 3 heteroatoms. The highest BCUT2D eigenvalue weighted by Crippen LogP contribution is 2.30. The van der Waals surface area contributed by atoms with Gasteiger partial charge in [-0.3, -0.25) is 0 Å². The Labute approximate surface area is 145 Å². The summed E-state index contributed by atoms with van der Waals surface area (Å²) in [5.74, 6) is 0. The van der Waals surface area contributed by atoms with Gasteiger partial charge in [-0.1, -0.05) is 42.5 Å². The smallest absolute Gasteiger partial charge is 0.0478 e. The molecule has 0 atom stereocenters. The number of hydrogen-bond acceptors (Lipinski definition) is 3. The highest BCUT2D eigenvalue weighted by Gasteiger charge is 2.18. The summed E-state index contributed by atoms with van der Waals surface area (Å²) in [5, 5.41) is 3.60. The lowest BCUT2D eigenvalue weighted by Gasteiger charge is -2.35. The Hall–Kier alpha value is -2.26. The van der Waals surface area contributed by atoms with Crippen LogP contribution in [0.3, 0.4) is 0 Å². The average molecular weight is 321 g/mol. The number of rotatable bonds is 4. The van der Waals surface area contributed by atoms with E-state index in [4.69, 9.17) is 0 Å². The largest absolute Gasteiger partial charge is 0.369 e. The molecular formula is C21H27N3. The zero-order valence-corrected chi connectivity index (χ0v) is 15.0. The monoisotopic (exact) mass is 321 g/mol.